The van der Waals surface area contributed by atoms with Crippen LogP contribution in [-0.4, -0.2) is 53.8 Å². The van der Waals surface area contributed by atoms with Gasteiger partial charge in [-0.1, -0.05) is 0 Å². The number of nitrogens with one attached hydrogen (secondary N) is 1. The van der Waals surface area contributed by atoms with Crippen molar-refractivity contribution in [2.75, 3.05) is 36.4 Å². The van der Waals surface area contributed by atoms with Gasteiger partial charge in [0.2, 0.25) is 0 Å². The molecule has 0 spiro atoms. The second-order valence-electron chi connectivity index (χ2n) is 8.36. The van der Waals surface area contributed by atoms with E-state index in [4.69, 9.17) is 4.74 Å². The van der Waals surface area contributed by atoms with Crippen LogP contribution in [0.5, 0.6) is 0 Å². The summed E-state index contributed by atoms with van der Waals surface area (Å²) in [5.74, 6) is 1.64. The third kappa shape index (κ3) is 3.39. The molecule has 1 saturated heterocycles. The number of rotatable bonds is 2. The number of fused-ring (bicyclic) bond motifs is 1. The number of aromatic nitrogens is 1. The highest BCUT2D eigenvalue weighted by atomic mass is 16.6. The summed E-state index contributed by atoms with van der Waals surface area (Å²) in [4.78, 5) is 21.5. The number of carbonyl (C=O) groups is 1. The highest BCUT2D eigenvalue weighted by molar-refractivity contribution is 5.70. The van der Waals surface area contributed by atoms with Gasteiger partial charge in [-0.3, -0.25) is 0 Å². The van der Waals surface area contributed by atoms with Gasteiger partial charge < -0.3 is 19.9 Å². The zero-order valence-electron chi connectivity index (χ0n) is 15.4. The van der Waals surface area contributed by atoms with Crippen LogP contribution in [0.15, 0.2) is 12.3 Å². The number of amides is 1. The molecule has 136 valence electrons. The van der Waals surface area contributed by atoms with E-state index in [-0.39, 0.29) is 12.1 Å². The van der Waals surface area contributed by atoms with Crippen molar-refractivity contribution in [3.05, 3.63) is 17.8 Å². The van der Waals surface area contributed by atoms with Crippen LogP contribution >= 0.6 is 0 Å². The normalized spacial score (nSPS) is 23.2. The van der Waals surface area contributed by atoms with E-state index < -0.39 is 5.60 Å². The highest BCUT2D eigenvalue weighted by Gasteiger charge is 2.42. The molecule has 2 aliphatic heterocycles. The standard InChI is InChI=1S/C19H28N4O2/c1-19(2,3)25-18(24)23-11-10-22(12-16(23)13-4-5-13)15-7-9-21-17-14(15)6-8-20-17/h7,9,13,16H,4-6,8,10-12H2,1-3H3,(H,20,21). The smallest absolute Gasteiger partial charge is 0.410 e. The van der Waals surface area contributed by atoms with Crippen LogP contribution in [0.3, 0.4) is 0 Å². The van der Waals surface area contributed by atoms with Gasteiger partial charge in [-0.05, 0) is 52.0 Å². The van der Waals surface area contributed by atoms with Crippen molar-refractivity contribution in [3.8, 4) is 0 Å². The summed E-state index contributed by atoms with van der Waals surface area (Å²) in [6, 6.07) is 2.38. The molecule has 3 heterocycles. The number of nitrogens with zero attached hydrogens (tertiary/aromatic N) is 3. The minimum atomic E-state index is -0.445. The molecule has 3 aliphatic rings. The first-order valence-corrected chi connectivity index (χ1v) is 9.39. The van der Waals surface area contributed by atoms with Crippen LogP contribution in [0.2, 0.25) is 0 Å². The summed E-state index contributed by atoms with van der Waals surface area (Å²) in [7, 11) is 0. The molecule has 1 atom stereocenters. The van der Waals surface area contributed by atoms with Gasteiger partial charge in [-0.15, -0.1) is 0 Å². The van der Waals surface area contributed by atoms with Gasteiger partial charge in [0.1, 0.15) is 11.4 Å². The number of hydrogen-bond acceptors (Lipinski definition) is 5. The molecule has 1 unspecified atom stereocenters. The minimum Gasteiger partial charge on any atom is -0.444 e. The maximum absolute atomic E-state index is 12.7. The Bertz CT molecular complexity index is 666. The van der Waals surface area contributed by atoms with E-state index in [0.717, 1.165) is 38.4 Å². The van der Waals surface area contributed by atoms with Crippen molar-refractivity contribution in [3.63, 3.8) is 0 Å². The van der Waals surface area contributed by atoms with Gasteiger partial charge in [0.05, 0.1) is 6.04 Å². The maximum Gasteiger partial charge on any atom is 0.410 e. The molecule has 0 aromatic carbocycles. The average Bonchev–Trinajstić information content (AvgIpc) is 3.29. The van der Waals surface area contributed by atoms with Gasteiger partial charge in [-0.2, -0.15) is 0 Å². The molecule has 1 N–H and O–H groups in total. The number of pyridine rings is 1. The monoisotopic (exact) mass is 344 g/mol. The number of ether oxygens (including phenoxy) is 1. The number of hydrogen-bond donors (Lipinski definition) is 1. The molecular weight excluding hydrogens is 316 g/mol. The molecule has 1 saturated carbocycles. The fraction of sp³-hybridized carbons (Fsp3) is 0.684. The molecular formula is C19H28N4O2. The minimum absolute atomic E-state index is 0.161. The van der Waals surface area contributed by atoms with Gasteiger partial charge in [0, 0.05) is 43.6 Å². The third-order valence-corrected chi connectivity index (χ3v) is 5.25. The average molecular weight is 344 g/mol. The molecule has 0 radical (unpaired) electrons. The summed E-state index contributed by atoms with van der Waals surface area (Å²) in [6.07, 6.45) is 5.19. The van der Waals surface area contributed by atoms with Crippen molar-refractivity contribution in [1.29, 1.82) is 0 Å². The fourth-order valence-corrected chi connectivity index (χ4v) is 3.94. The Kier molecular flexibility index (Phi) is 4.01. The second-order valence-corrected chi connectivity index (χ2v) is 8.36. The van der Waals surface area contributed by atoms with E-state index in [2.05, 4.69) is 21.3 Å². The Morgan fingerprint density at radius 1 is 1.32 bits per heavy atom. The molecule has 6 heteroatoms. The predicted molar refractivity (Wildman–Crippen MR) is 98.1 cm³/mol. The first kappa shape index (κ1) is 16.5. The first-order chi connectivity index (χ1) is 11.9. The summed E-state index contributed by atoms with van der Waals surface area (Å²) in [5, 5.41) is 3.36. The van der Waals surface area contributed by atoms with E-state index in [1.807, 2.05) is 31.9 Å². The van der Waals surface area contributed by atoms with Crippen molar-refractivity contribution in [2.45, 2.75) is 51.7 Å². The molecule has 1 amide bonds. The summed E-state index contributed by atoms with van der Waals surface area (Å²) < 4.78 is 5.65. The maximum atomic E-state index is 12.7. The molecule has 2 fully saturated rings. The zero-order chi connectivity index (χ0) is 17.6. The molecule has 0 bridgehead atoms. The molecule has 1 aromatic rings. The Morgan fingerprint density at radius 2 is 2.12 bits per heavy atom. The van der Waals surface area contributed by atoms with Crippen molar-refractivity contribution in [1.82, 2.24) is 9.88 Å². The van der Waals surface area contributed by atoms with Gasteiger partial charge in [0.15, 0.2) is 0 Å². The molecule has 25 heavy (non-hydrogen) atoms. The number of piperazine rings is 1. The molecule has 4 rings (SSSR count). The lowest BCUT2D eigenvalue weighted by atomic mass is 10.1. The van der Waals surface area contributed by atoms with Crippen LogP contribution in [0.4, 0.5) is 16.3 Å². The lowest BCUT2D eigenvalue weighted by Gasteiger charge is -2.43. The number of carbonyl (C=O) groups excluding carboxylic acids is 1. The number of anilines is 2. The molecule has 6 nitrogen and oxygen atoms in total. The van der Waals surface area contributed by atoms with E-state index in [0.29, 0.717) is 5.92 Å². The Morgan fingerprint density at radius 3 is 2.84 bits per heavy atom. The van der Waals surface area contributed by atoms with Crippen LogP contribution in [0.1, 0.15) is 39.2 Å². The van der Waals surface area contributed by atoms with Crippen LogP contribution in [0.25, 0.3) is 0 Å². The topological polar surface area (TPSA) is 57.7 Å². The Balaban J connectivity index is 1.53. The summed E-state index contributed by atoms with van der Waals surface area (Å²) >= 11 is 0. The van der Waals surface area contributed by atoms with Crippen LogP contribution in [-0.2, 0) is 11.2 Å². The SMILES string of the molecule is CC(C)(C)OC(=O)N1CCN(c2ccnc3c2CCN3)CC1C1CC1. The molecule has 1 aromatic heterocycles. The third-order valence-electron chi connectivity index (χ3n) is 5.25. The van der Waals surface area contributed by atoms with Gasteiger partial charge in [0.25, 0.3) is 0 Å². The van der Waals surface area contributed by atoms with E-state index in [9.17, 15) is 4.79 Å². The van der Waals surface area contributed by atoms with E-state index >= 15 is 0 Å². The molecule has 1 aliphatic carbocycles. The quantitative estimate of drug-likeness (QED) is 0.894. The Hall–Kier alpha value is -1.98. The second kappa shape index (κ2) is 6.07. The highest BCUT2D eigenvalue weighted by Crippen LogP contribution is 2.39. The predicted octanol–water partition coefficient (Wildman–Crippen LogP) is 2.89. The van der Waals surface area contributed by atoms with Crippen molar-refractivity contribution in [2.24, 2.45) is 5.92 Å². The van der Waals surface area contributed by atoms with Gasteiger partial charge in [-0.25, -0.2) is 9.78 Å². The van der Waals surface area contributed by atoms with Crippen molar-refractivity contribution >= 4 is 17.6 Å². The van der Waals surface area contributed by atoms with Gasteiger partial charge >= 0.3 is 6.09 Å². The lowest BCUT2D eigenvalue weighted by Crippen LogP contribution is -2.57. The van der Waals surface area contributed by atoms with E-state index in [1.54, 1.807) is 0 Å². The van der Waals surface area contributed by atoms with Crippen molar-refractivity contribution < 1.29 is 9.53 Å². The lowest BCUT2D eigenvalue weighted by molar-refractivity contribution is 0.0116. The summed E-state index contributed by atoms with van der Waals surface area (Å²) in [6.45, 7) is 9.21. The van der Waals surface area contributed by atoms with E-state index in [1.165, 1.54) is 24.1 Å². The van der Waals surface area contributed by atoms with Crippen LogP contribution in [0, 0.1) is 5.92 Å². The zero-order valence-corrected chi connectivity index (χ0v) is 15.4. The largest absolute Gasteiger partial charge is 0.444 e. The Labute approximate surface area is 149 Å². The first-order valence-electron chi connectivity index (χ1n) is 9.39. The fourth-order valence-electron chi connectivity index (χ4n) is 3.94. The van der Waals surface area contributed by atoms with Crippen LogP contribution < -0.4 is 10.2 Å². The summed E-state index contributed by atoms with van der Waals surface area (Å²) in [5.41, 5.74) is 2.16.